The molecule has 1 saturated heterocycles. The highest BCUT2D eigenvalue weighted by atomic mass is 79.9. The molecule has 3 aromatic rings. The molecule has 0 bridgehead atoms. The number of fused-ring (bicyclic) bond motifs is 1. The van der Waals surface area contributed by atoms with Gasteiger partial charge in [0.1, 0.15) is 16.5 Å². The van der Waals surface area contributed by atoms with Crippen LogP contribution < -0.4 is 5.32 Å². The van der Waals surface area contributed by atoms with E-state index in [0.29, 0.717) is 12.2 Å². The lowest BCUT2D eigenvalue weighted by atomic mass is 10.2. The highest BCUT2D eigenvalue weighted by molar-refractivity contribution is 9.10. The summed E-state index contributed by atoms with van der Waals surface area (Å²) in [5, 5.41) is 4.42. The number of rotatable bonds is 5. The van der Waals surface area contributed by atoms with Crippen LogP contribution in [0.4, 0.5) is 5.82 Å². The number of benzene rings is 1. The second-order valence-corrected chi connectivity index (χ2v) is 12.3. The first-order chi connectivity index (χ1) is 13.3. The monoisotopic (exact) mass is 497 g/mol. The molecule has 0 aliphatic carbocycles. The Morgan fingerprint density at radius 2 is 2.00 bits per heavy atom. The number of sulfone groups is 1. The minimum Gasteiger partial charge on any atom is -0.366 e. The van der Waals surface area contributed by atoms with Crippen LogP contribution in [0.2, 0.25) is 0 Å². The van der Waals surface area contributed by atoms with Crippen molar-refractivity contribution in [2.45, 2.75) is 37.0 Å². The summed E-state index contributed by atoms with van der Waals surface area (Å²) in [6.45, 7) is 4.16. The van der Waals surface area contributed by atoms with Gasteiger partial charge in [-0.1, -0.05) is 15.9 Å². The van der Waals surface area contributed by atoms with Crippen LogP contribution in [0.5, 0.6) is 0 Å². The van der Waals surface area contributed by atoms with Gasteiger partial charge in [0, 0.05) is 20.3 Å². The Bertz CT molecular complexity index is 1130. The van der Waals surface area contributed by atoms with E-state index in [0.717, 1.165) is 36.8 Å². The van der Waals surface area contributed by atoms with E-state index in [1.165, 1.54) is 4.88 Å². The number of aryl methyl sites for hydroxylation is 2. The molecule has 1 atom stereocenters. The van der Waals surface area contributed by atoms with E-state index in [4.69, 9.17) is 9.97 Å². The van der Waals surface area contributed by atoms with Crippen LogP contribution in [-0.2, 0) is 15.6 Å². The molecule has 148 valence electrons. The van der Waals surface area contributed by atoms with Gasteiger partial charge in [-0.2, -0.15) is 0 Å². The van der Waals surface area contributed by atoms with Crippen LogP contribution in [0.1, 0.15) is 22.7 Å². The SMILES string of the molecule is Cc1sc2nc(CSc3ccc(Br)cc3)nc(N[C@H]3CCS(=O)(=O)C3)c2c1C. The summed E-state index contributed by atoms with van der Waals surface area (Å²) in [4.78, 5) is 12.9. The van der Waals surface area contributed by atoms with Crippen molar-refractivity contribution < 1.29 is 8.42 Å². The number of halogens is 1. The summed E-state index contributed by atoms with van der Waals surface area (Å²) in [7, 11) is -2.94. The Morgan fingerprint density at radius 3 is 2.68 bits per heavy atom. The maximum absolute atomic E-state index is 11.8. The number of anilines is 1. The summed E-state index contributed by atoms with van der Waals surface area (Å²) in [5.41, 5.74) is 1.16. The minimum atomic E-state index is -2.94. The average molecular weight is 498 g/mol. The third kappa shape index (κ3) is 4.37. The number of hydrogen-bond acceptors (Lipinski definition) is 7. The van der Waals surface area contributed by atoms with Crippen molar-refractivity contribution in [2.24, 2.45) is 0 Å². The third-order valence-electron chi connectivity index (χ3n) is 4.83. The number of nitrogens with zero attached hydrogens (tertiary/aromatic N) is 2. The normalized spacial score (nSPS) is 18.6. The van der Waals surface area contributed by atoms with Crippen LogP contribution in [0.15, 0.2) is 33.6 Å². The van der Waals surface area contributed by atoms with Crippen LogP contribution in [0.3, 0.4) is 0 Å². The van der Waals surface area contributed by atoms with Crippen LogP contribution in [-0.4, -0.2) is 35.9 Å². The molecule has 0 saturated carbocycles. The molecule has 0 radical (unpaired) electrons. The molecule has 1 N–H and O–H groups in total. The van der Waals surface area contributed by atoms with E-state index in [2.05, 4.69) is 47.2 Å². The van der Waals surface area contributed by atoms with Gasteiger partial charge >= 0.3 is 0 Å². The van der Waals surface area contributed by atoms with Crippen molar-refractivity contribution in [3.63, 3.8) is 0 Å². The topological polar surface area (TPSA) is 72.0 Å². The van der Waals surface area contributed by atoms with E-state index < -0.39 is 9.84 Å². The standard InChI is InChI=1S/C19H20BrN3O2S3/c1-11-12(2)27-19-17(11)18(21-14-7-8-28(24,25)10-14)22-16(23-19)9-26-15-5-3-13(20)4-6-15/h3-6,14H,7-10H2,1-2H3,(H,21,22,23)/t14-/m0/s1. The Hall–Kier alpha value is -1.16. The molecule has 1 aromatic carbocycles. The van der Waals surface area contributed by atoms with Gasteiger partial charge < -0.3 is 5.32 Å². The number of aromatic nitrogens is 2. The molecule has 4 rings (SSSR count). The molecule has 1 aliphatic rings. The van der Waals surface area contributed by atoms with E-state index in [1.807, 2.05) is 12.1 Å². The molecule has 0 spiro atoms. The van der Waals surface area contributed by atoms with E-state index in [-0.39, 0.29) is 17.5 Å². The fourth-order valence-electron chi connectivity index (χ4n) is 3.24. The number of hydrogen-bond donors (Lipinski definition) is 1. The molecule has 1 fully saturated rings. The second kappa shape index (κ2) is 7.93. The Balaban J connectivity index is 1.63. The number of thioether (sulfide) groups is 1. The number of nitrogens with one attached hydrogen (secondary N) is 1. The Kier molecular flexibility index (Phi) is 5.70. The summed E-state index contributed by atoms with van der Waals surface area (Å²) < 4.78 is 24.7. The van der Waals surface area contributed by atoms with Crippen molar-refractivity contribution >= 4 is 64.9 Å². The van der Waals surface area contributed by atoms with Gasteiger partial charge in [-0.25, -0.2) is 18.4 Å². The lowest BCUT2D eigenvalue weighted by molar-refractivity contribution is 0.602. The first kappa shape index (κ1) is 20.1. The maximum atomic E-state index is 11.8. The lowest BCUT2D eigenvalue weighted by Gasteiger charge is -2.14. The zero-order chi connectivity index (χ0) is 19.9. The van der Waals surface area contributed by atoms with Gasteiger partial charge in [0.2, 0.25) is 0 Å². The Morgan fingerprint density at radius 1 is 1.25 bits per heavy atom. The molecule has 3 heterocycles. The highest BCUT2D eigenvalue weighted by Crippen LogP contribution is 2.35. The lowest BCUT2D eigenvalue weighted by Crippen LogP contribution is -2.21. The van der Waals surface area contributed by atoms with Crippen LogP contribution in [0.25, 0.3) is 10.2 Å². The first-order valence-electron chi connectivity index (χ1n) is 8.93. The molecule has 0 amide bonds. The van der Waals surface area contributed by atoms with Crippen LogP contribution in [0, 0.1) is 13.8 Å². The van der Waals surface area contributed by atoms with E-state index in [9.17, 15) is 8.42 Å². The third-order valence-corrected chi connectivity index (χ3v) is 9.24. The smallest absolute Gasteiger partial charge is 0.152 e. The molecule has 2 aromatic heterocycles. The number of thiophene rings is 1. The van der Waals surface area contributed by atoms with Gasteiger partial charge in [-0.3, -0.25) is 0 Å². The minimum absolute atomic E-state index is 0.0883. The van der Waals surface area contributed by atoms with Gasteiger partial charge in [0.15, 0.2) is 9.84 Å². The van der Waals surface area contributed by atoms with Crippen LogP contribution >= 0.6 is 39.0 Å². The summed E-state index contributed by atoms with van der Waals surface area (Å²) in [5.74, 6) is 2.59. The maximum Gasteiger partial charge on any atom is 0.152 e. The summed E-state index contributed by atoms with van der Waals surface area (Å²) >= 11 is 6.80. The predicted octanol–water partition coefficient (Wildman–Crippen LogP) is 4.96. The first-order valence-corrected chi connectivity index (χ1v) is 13.3. The summed E-state index contributed by atoms with van der Waals surface area (Å²) in [6, 6.07) is 8.08. The summed E-state index contributed by atoms with van der Waals surface area (Å²) in [6.07, 6.45) is 0.624. The molecular formula is C19H20BrN3O2S3. The molecule has 28 heavy (non-hydrogen) atoms. The largest absolute Gasteiger partial charge is 0.366 e. The molecule has 5 nitrogen and oxygen atoms in total. The van der Waals surface area contributed by atoms with Gasteiger partial charge in [0.25, 0.3) is 0 Å². The Labute approximate surface area is 181 Å². The zero-order valence-corrected chi connectivity index (χ0v) is 19.6. The van der Waals surface area contributed by atoms with Crippen molar-refractivity contribution in [1.82, 2.24) is 9.97 Å². The molecular weight excluding hydrogens is 478 g/mol. The van der Waals surface area contributed by atoms with Gasteiger partial charge in [-0.05, 0) is 50.1 Å². The van der Waals surface area contributed by atoms with Crippen molar-refractivity contribution in [3.8, 4) is 0 Å². The zero-order valence-electron chi connectivity index (χ0n) is 15.5. The van der Waals surface area contributed by atoms with Crippen molar-refractivity contribution in [1.29, 1.82) is 0 Å². The predicted molar refractivity (Wildman–Crippen MR) is 121 cm³/mol. The fourth-order valence-corrected chi connectivity index (χ4v) is 6.98. The molecule has 9 heteroatoms. The highest BCUT2D eigenvalue weighted by Gasteiger charge is 2.29. The van der Waals surface area contributed by atoms with Gasteiger partial charge in [-0.15, -0.1) is 23.1 Å². The van der Waals surface area contributed by atoms with Gasteiger partial charge in [0.05, 0.1) is 22.6 Å². The quantitative estimate of drug-likeness (QED) is 0.502. The molecule has 0 unspecified atom stereocenters. The van der Waals surface area contributed by atoms with E-state index in [1.54, 1.807) is 23.1 Å². The van der Waals surface area contributed by atoms with Crippen molar-refractivity contribution in [2.75, 3.05) is 16.8 Å². The second-order valence-electron chi connectivity index (χ2n) is 6.94. The van der Waals surface area contributed by atoms with Crippen molar-refractivity contribution in [3.05, 3.63) is 45.0 Å². The average Bonchev–Trinajstić information content (AvgIpc) is 3.13. The van der Waals surface area contributed by atoms with E-state index >= 15 is 0 Å². The fraction of sp³-hybridized carbons (Fsp3) is 0.368. The molecule has 1 aliphatic heterocycles.